The van der Waals surface area contributed by atoms with E-state index in [-0.39, 0.29) is 6.61 Å². The first-order valence-corrected chi connectivity index (χ1v) is 5.86. The van der Waals surface area contributed by atoms with Crippen molar-refractivity contribution in [3.63, 3.8) is 0 Å². The summed E-state index contributed by atoms with van der Waals surface area (Å²) in [4.78, 5) is 21.3. The minimum absolute atomic E-state index is 0.274. The molecular formula is C12H12F2N2O4. The van der Waals surface area contributed by atoms with E-state index in [0.29, 0.717) is 25.2 Å². The highest BCUT2D eigenvalue weighted by atomic mass is 19.1. The molecule has 6 nitrogen and oxygen atoms in total. The number of carbonyl (C=O) groups excluding carboxylic acids is 1. The maximum atomic E-state index is 13.7. The van der Waals surface area contributed by atoms with Gasteiger partial charge >= 0.3 is 5.69 Å². The number of hydrogen-bond acceptors (Lipinski definition) is 4. The molecule has 2 rings (SSSR count). The predicted molar refractivity (Wildman–Crippen MR) is 64.3 cm³/mol. The van der Waals surface area contributed by atoms with Gasteiger partial charge in [-0.15, -0.1) is 0 Å². The second-order valence-corrected chi connectivity index (χ2v) is 4.86. The van der Waals surface area contributed by atoms with Crippen molar-refractivity contribution < 1.29 is 23.2 Å². The number of nitrogens with one attached hydrogen (secondary N) is 1. The number of hydrogen-bond donors (Lipinski definition) is 1. The van der Waals surface area contributed by atoms with Crippen molar-refractivity contribution in [2.75, 3.05) is 13.2 Å². The summed E-state index contributed by atoms with van der Waals surface area (Å²) in [7, 11) is 0. The van der Waals surface area contributed by atoms with E-state index in [4.69, 9.17) is 4.74 Å². The minimum atomic E-state index is -1.26. The van der Waals surface area contributed by atoms with Gasteiger partial charge in [-0.3, -0.25) is 14.9 Å². The smallest absolute Gasteiger partial charge is 0.307 e. The summed E-state index contributed by atoms with van der Waals surface area (Å²) >= 11 is 0. The van der Waals surface area contributed by atoms with Crippen LogP contribution in [-0.4, -0.2) is 29.6 Å². The molecule has 1 aliphatic rings. The van der Waals surface area contributed by atoms with Gasteiger partial charge in [0.05, 0.1) is 28.7 Å². The number of carbonyl (C=O) groups is 1. The molecule has 1 aromatic carbocycles. The Labute approximate surface area is 112 Å². The van der Waals surface area contributed by atoms with Crippen molar-refractivity contribution in [3.05, 3.63) is 39.4 Å². The molecule has 1 N–H and O–H groups in total. The Balaban J connectivity index is 2.26. The number of ether oxygens (including phenoxy) is 1. The van der Waals surface area contributed by atoms with E-state index < -0.39 is 39.3 Å². The van der Waals surface area contributed by atoms with Crippen LogP contribution in [0, 0.1) is 21.7 Å². The van der Waals surface area contributed by atoms with Crippen molar-refractivity contribution in [2.45, 2.75) is 18.9 Å². The van der Waals surface area contributed by atoms with Gasteiger partial charge in [0.1, 0.15) is 5.82 Å². The third-order valence-corrected chi connectivity index (χ3v) is 3.11. The zero-order valence-corrected chi connectivity index (χ0v) is 10.6. The van der Waals surface area contributed by atoms with Crippen LogP contribution in [0.3, 0.4) is 0 Å². The van der Waals surface area contributed by atoms with Gasteiger partial charge in [0.2, 0.25) is 5.82 Å². The van der Waals surface area contributed by atoms with Crippen LogP contribution in [0.1, 0.15) is 23.7 Å². The molecule has 0 aliphatic carbocycles. The van der Waals surface area contributed by atoms with E-state index in [2.05, 4.69) is 5.32 Å². The van der Waals surface area contributed by atoms with Gasteiger partial charge in [-0.2, -0.15) is 4.39 Å². The fourth-order valence-electron chi connectivity index (χ4n) is 1.96. The number of nitro groups is 1. The summed E-state index contributed by atoms with van der Waals surface area (Å²) in [6.07, 6.45) is 0.551. The summed E-state index contributed by atoms with van der Waals surface area (Å²) in [6, 6.07) is 0.930. The van der Waals surface area contributed by atoms with Crippen LogP contribution in [0.5, 0.6) is 0 Å². The third-order valence-electron chi connectivity index (χ3n) is 3.11. The molecule has 1 aliphatic heterocycles. The molecule has 108 valence electrons. The minimum Gasteiger partial charge on any atom is -0.379 e. The highest BCUT2D eigenvalue weighted by Gasteiger charge is 2.33. The SMILES string of the molecule is CC1(NC(=O)c2cc(F)c([N+](=O)[O-])cc2F)CCOC1. The number of nitro benzene ring substituents is 1. The fourth-order valence-corrected chi connectivity index (χ4v) is 1.96. The number of nitrogens with zero attached hydrogens (tertiary/aromatic N) is 1. The normalized spacial score (nSPS) is 21.8. The van der Waals surface area contributed by atoms with Gasteiger partial charge in [-0.25, -0.2) is 4.39 Å². The number of rotatable bonds is 3. The molecule has 20 heavy (non-hydrogen) atoms. The number of halogens is 2. The molecule has 1 unspecified atom stereocenters. The Hall–Kier alpha value is -2.09. The molecule has 1 saturated heterocycles. The lowest BCUT2D eigenvalue weighted by atomic mass is 10.0. The standard InChI is InChI=1S/C12H12F2N2O4/c1-12(2-3-20-6-12)15-11(17)7-4-9(14)10(16(18)19)5-8(7)13/h4-5H,2-3,6H2,1H3,(H,15,17). The lowest BCUT2D eigenvalue weighted by Crippen LogP contribution is -2.46. The van der Waals surface area contributed by atoms with E-state index in [1.807, 2.05) is 0 Å². The Morgan fingerprint density at radius 1 is 1.45 bits per heavy atom. The molecule has 0 spiro atoms. The van der Waals surface area contributed by atoms with Crippen LogP contribution in [-0.2, 0) is 4.74 Å². The van der Waals surface area contributed by atoms with Gasteiger partial charge < -0.3 is 10.1 Å². The van der Waals surface area contributed by atoms with Crippen molar-refractivity contribution >= 4 is 11.6 Å². The summed E-state index contributed by atoms with van der Waals surface area (Å²) < 4.78 is 32.2. The molecule has 1 heterocycles. The first-order chi connectivity index (χ1) is 9.32. The molecule has 1 amide bonds. The Kier molecular flexibility index (Phi) is 3.67. The van der Waals surface area contributed by atoms with Gasteiger partial charge in [0.25, 0.3) is 5.91 Å². The molecule has 0 aromatic heterocycles. The van der Waals surface area contributed by atoms with Crippen molar-refractivity contribution in [3.8, 4) is 0 Å². The second-order valence-electron chi connectivity index (χ2n) is 4.86. The third kappa shape index (κ3) is 2.74. The van der Waals surface area contributed by atoms with Crippen molar-refractivity contribution in [1.82, 2.24) is 5.32 Å². The highest BCUT2D eigenvalue weighted by molar-refractivity contribution is 5.95. The average Bonchev–Trinajstić information content (AvgIpc) is 2.77. The molecule has 0 radical (unpaired) electrons. The first-order valence-electron chi connectivity index (χ1n) is 5.86. The fraction of sp³-hybridized carbons (Fsp3) is 0.417. The molecule has 1 fully saturated rings. The van der Waals surface area contributed by atoms with Crippen LogP contribution < -0.4 is 5.32 Å². The zero-order chi connectivity index (χ0) is 14.9. The van der Waals surface area contributed by atoms with Gasteiger partial charge in [-0.05, 0) is 19.4 Å². The zero-order valence-electron chi connectivity index (χ0n) is 10.6. The van der Waals surface area contributed by atoms with E-state index in [1.165, 1.54) is 0 Å². The Morgan fingerprint density at radius 3 is 2.70 bits per heavy atom. The number of benzene rings is 1. The lowest BCUT2D eigenvalue weighted by molar-refractivity contribution is -0.387. The van der Waals surface area contributed by atoms with Crippen LogP contribution in [0.2, 0.25) is 0 Å². The van der Waals surface area contributed by atoms with E-state index in [1.54, 1.807) is 6.92 Å². The average molecular weight is 286 g/mol. The van der Waals surface area contributed by atoms with Crippen molar-refractivity contribution in [1.29, 1.82) is 0 Å². The van der Waals surface area contributed by atoms with Gasteiger partial charge in [-0.1, -0.05) is 0 Å². The Bertz CT molecular complexity index is 571. The van der Waals surface area contributed by atoms with Crippen LogP contribution in [0.4, 0.5) is 14.5 Å². The second kappa shape index (κ2) is 5.12. The molecular weight excluding hydrogens is 274 g/mol. The predicted octanol–water partition coefficient (Wildman–Crippen LogP) is 1.78. The number of amides is 1. The summed E-state index contributed by atoms with van der Waals surface area (Å²) in [5.74, 6) is -3.23. The quantitative estimate of drug-likeness (QED) is 0.678. The highest BCUT2D eigenvalue weighted by Crippen LogP contribution is 2.23. The lowest BCUT2D eigenvalue weighted by Gasteiger charge is -2.23. The molecule has 1 atom stereocenters. The Morgan fingerprint density at radius 2 is 2.15 bits per heavy atom. The topological polar surface area (TPSA) is 81.5 Å². The molecule has 1 aromatic rings. The maximum Gasteiger partial charge on any atom is 0.307 e. The molecule has 0 saturated carbocycles. The van der Waals surface area contributed by atoms with Crippen LogP contribution in [0.25, 0.3) is 0 Å². The van der Waals surface area contributed by atoms with Crippen LogP contribution >= 0.6 is 0 Å². The monoisotopic (exact) mass is 286 g/mol. The van der Waals surface area contributed by atoms with E-state index in [9.17, 15) is 23.7 Å². The summed E-state index contributed by atoms with van der Waals surface area (Å²) in [6.45, 7) is 2.46. The molecule has 0 bridgehead atoms. The maximum absolute atomic E-state index is 13.7. The van der Waals surface area contributed by atoms with Gasteiger partial charge in [0.15, 0.2) is 0 Å². The van der Waals surface area contributed by atoms with Crippen LogP contribution in [0.15, 0.2) is 12.1 Å². The van der Waals surface area contributed by atoms with E-state index >= 15 is 0 Å². The first kappa shape index (κ1) is 14.3. The van der Waals surface area contributed by atoms with E-state index in [0.717, 1.165) is 0 Å². The molecule has 8 heteroatoms. The van der Waals surface area contributed by atoms with Gasteiger partial charge in [0, 0.05) is 6.61 Å². The summed E-state index contributed by atoms with van der Waals surface area (Å²) in [5, 5.41) is 13.0. The summed E-state index contributed by atoms with van der Waals surface area (Å²) in [5.41, 5.74) is -2.22. The largest absolute Gasteiger partial charge is 0.379 e. The van der Waals surface area contributed by atoms with Crippen molar-refractivity contribution in [2.24, 2.45) is 0 Å².